The third kappa shape index (κ3) is 3.60. The minimum Gasteiger partial charge on any atom is -0.494 e. The van der Waals surface area contributed by atoms with Gasteiger partial charge in [-0.25, -0.2) is 9.97 Å². The standard InChI is InChI=1S/C21H20N4O2/c1-2-27-17-9-7-16(8-10-17)24-21(26)18-13-23-20(14-22-18)25-12-11-15-5-3-4-6-19(15)25/h3-10,13-14H,2,11-12H2,1H3,(H,24,26). The van der Waals surface area contributed by atoms with E-state index in [0.717, 1.165) is 30.2 Å². The van der Waals surface area contributed by atoms with Crippen LogP contribution in [-0.4, -0.2) is 29.0 Å². The Hall–Kier alpha value is -3.41. The molecule has 4 rings (SSSR count). The fourth-order valence-electron chi connectivity index (χ4n) is 3.15. The first kappa shape index (κ1) is 17.0. The van der Waals surface area contributed by atoms with Crippen molar-refractivity contribution in [3.8, 4) is 5.75 Å². The van der Waals surface area contributed by atoms with Crippen molar-refractivity contribution in [2.45, 2.75) is 13.3 Å². The molecule has 1 amide bonds. The molecule has 1 aliphatic rings. The highest BCUT2D eigenvalue weighted by atomic mass is 16.5. The SMILES string of the molecule is CCOc1ccc(NC(=O)c2cnc(N3CCc4ccccc43)cn2)cc1. The lowest BCUT2D eigenvalue weighted by Gasteiger charge is -2.17. The smallest absolute Gasteiger partial charge is 0.275 e. The maximum Gasteiger partial charge on any atom is 0.275 e. The number of hydrogen-bond donors (Lipinski definition) is 1. The number of carbonyl (C=O) groups excluding carboxylic acids is 1. The predicted octanol–water partition coefficient (Wildman–Crippen LogP) is 3.82. The molecule has 3 aromatic rings. The molecule has 6 nitrogen and oxygen atoms in total. The number of fused-ring (bicyclic) bond motifs is 1. The number of ether oxygens (including phenoxy) is 1. The summed E-state index contributed by atoms with van der Waals surface area (Å²) in [6, 6.07) is 15.5. The second-order valence-electron chi connectivity index (χ2n) is 6.20. The Labute approximate surface area is 157 Å². The van der Waals surface area contributed by atoms with Crippen LogP contribution in [0.15, 0.2) is 60.9 Å². The number of hydrogen-bond acceptors (Lipinski definition) is 5. The second kappa shape index (κ2) is 7.45. The first-order valence-electron chi connectivity index (χ1n) is 8.96. The Bertz CT molecular complexity index is 939. The van der Waals surface area contributed by atoms with Crippen molar-refractivity contribution in [2.75, 3.05) is 23.4 Å². The predicted molar refractivity (Wildman–Crippen MR) is 105 cm³/mol. The first-order valence-corrected chi connectivity index (χ1v) is 8.96. The Balaban J connectivity index is 1.45. The summed E-state index contributed by atoms with van der Waals surface area (Å²) in [4.78, 5) is 23.3. The number of aromatic nitrogens is 2. The molecule has 0 saturated carbocycles. The number of nitrogens with one attached hydrogen (secondary N) is 1. The third-order valence-corrected chi connectivity index (χ3v) is 4.46. The molecule has 1 aliphatic heterocycles. The highest BCUT2D eigenvalue weighted by molar-refractivity contribution is 6.02. The average Bonchev–Trinajstić information content (AvgIpc) is 3.14. The van der Waals surface area contributed by atoms with Crippen LogP contribution in [0.1, 0.15) is 23.0 Å². The number of nitrogens with zero attached hydrogens (tertiary/aromatic N) is 3. The fourth-order valence-corrected chi connectivity index (χ4v) is 3.15. The third-order valence-electron chi connectivity index (χ3n) is 4.46. The van der Waals surface area contributed by atoms with E-state index in [1.54, 1.807) is 18.3 Å². The van der Waals surface area contributed by atoms with Gasteiger partial charge in [-0.3, -0.25) is 4.79 Å². The van der Waals surface area contributed by atoms with Crippen LogP contribution >= 0.6 is 0 Å². The van der Waals surface area contributed by atoms with Gasteiger partial charge in [-0.15, -0.1) is 0 Å². The zero-order valence-electron chi connectivity index (χ0n) is 15.1. The largest absolute Gasteiger partial charge is 0.494 e. The van der Waals surface area contributed by atoms with Gasteiger partial charge in [-0.2, -0.15) is 0 Å². The lowest BCUT2D eigenvalue weighted by Crippen LogP contribution is -2.18. The number of anilines is 3. The van der Waals surface area contributed by atoms with Gasteiger partial charge in [0.05, 0.1) is 19.0 Å². The van der Waals surface area contributed by atoms with Gasteiger partial charge in [-0.05, 0) is 49.2 Å². The van der Waals surface area contributed by atoms with Crippen molar-refractivity contribution in [3.63, 3.8) is 0 Å². The molecule has 6 heteroatoms. The highest BCUT2D eigenvalue weighted by Crippen LogP contribution is 2.32. The number of benzene rings is 2. The van der Waals surface area contributed by atoms with Crippen LogP contribution in [0, 0.1) is 0 Å². The molecule has 1 N–H and O–H groups in total. The van der Waals surface area contributed by atoms with Crippen LogP contribution < -0.4 is 15.0 Å². The zero-order valence-corrected chi connectivity index (χ0v) is 15.1. The van der Waals surface area contributed by atoms with Crippen molar-refractivity contribution >= 4 is 23.1 Å². The molecule has 0 bridgehead atoms. The molecular weight excluding hydrogens is 340 g/mol. The van der Waals surface area contributed by atoms with E-state index < -0.39 is 0 Å². The molecule has 0 fully saturated rings. The Kier molecular flexibility index (Phi) is 4.70. The molecule has 0 unspecified atom stereocenters. The maximum absolute atomic E-state index is 12.4. The van der Waals surface area contributed by atoms with E-state index in [0.29, 0.717) is 12.3 Å². The van der Waals surface area contributed by atoms with Gasteiger partial charge in [0.2, 0.25) is 0 Å². The summed E-state index contributed by atoms with van der Waals surface area (Å²) in [5.41, 5.74) is 3.41. The number of carbonyl (C=O) groups is 1. The van der Waals surface area contributed by atoms with E-state index in [-0.39, 0.29) is 11.6 Å². The molecular formula is C21H20N4O2. The van der Waals surface area contributed by atoms with E-state index in [4.69, 9.17) is 4.74 Å². The van der Waals surface area contributed by atoms with Crippen molar-refractivity contribution < 1.29 is 9.53 Å². The van der Waals surface area contributed by atoms with Crippen molar-refractivity contribution in [1.29, 1.82) is 0 Å². The Morgan fingerprint density at radius 3 is 2.67 bits per heavy atom. The summed E-state index contributed by atoms with van der Waals surface area (Å²) in [5.74, 6) is 1.23. The molecule has 136 valence electrons. The van der Waals surface area contributed by atoms with E-state index in [9.17, 15) is 4.79 Å². The molecule has 2 aromatic carbocycles. The number of rotatable bonds is 5. The summed E-state index contributed by atoms with van der Waals surface area (Å²) in [5, 5.41) is 2.82. The fraction of sp³-hybridized carbons (Fsp3) is 0.190. The highest BCUT2D eigenvalue weighted by Gasteiger charge is 2.21. The summed E-state index contributed by atoms with van der Waals surface area (Å²) < 4.78 is 5.40. The van der Waals surface area contributed by atoms with E-state index in [2.05, 4.69) is 32.3 Å². The Morgan fingerprint density at radius 2 is 1.93 bits per heavy atom. The number of para-hydroxylation sites is 1. The normalized spacial score (nSPS) is 12.6. The quantitative estimate of drug-likeness (QED) is 0.749. The second-order valence-corrected chi connectivity index (χ2v) is 6.20. The van der Waals surface area contributed by atoms with Crippen LogP contribution in [0.2, 0.25) is 0 Å². The molecule has 0 atom stereocenters. The topological polar surface area (TPSA) is 67.3 Å². The van der Waals surface area contributed by atoms with E-state index >= 15 is 0 Å². The summed E-state index contributed by atoms with van der Waals surface area (Å²) >= 11 is 0. The van der Waals surface area contributed by atoms with Gasteiger partial charge in [0.25, 0.3) is 5.91 Å². The molecule has 0 radical (unpaired) electrons. The van der Waals surface area contributed by atoms with Gasteiger partial charge >= 0.3 is 0 Å². The monoisotopic (exact) mass is 360 g/mol. The molecule has 0 aliphatic carbocycles. The van der Waals surface area contributed by atoms with Gasteiger partial charge in [0.1, 0.15) is 11.4 Å². The molecule has 27 heavy (non-hydrogen) atoms. The molecule has 0 saturated heterocycles. The van der Waals surface area contributed by atoms with Gasteiger partial charge in [0, 0.05) is 17.9 Å². The van der Waals surface area contributed by atoms with Crippen LogP contribution in [0.5, 0.6) is 5.75 Å². The van der Waals surface area contributed by atoms with E-state index in [1.165, 1.54) is 11.8 Å². The molecule has 0 spiro atoms. The molecule has 2 heterocycles. The van der Waals surface area contributed by atoms with Crippen LogP contribution in [0.4, 0.5) is 17.2 Å². The van der Waals surface area contributed by atoms with Crippen LogP contribution in [0.3, 0.4) is 0 Å². The van der Waals surface area contributed by atoms with Crippen molar-refractivity contribution in [1.82, 2.24) is 9.97 Å². The van der Waals surface area contributed by atoms with Crippen LogP contribution in [0.25, 0.3) is 0 Å². The lowest BCUT2D eigenvalue weighted by molar-refractivity contribution is 0.102. The van der Waals surface area contributed by atoms with Crippen molar-refractivity contribution in [2.24, 2.45) is 0 Å². The molecule has 1 aromatic heterocycles. The lowest BCUT2D eigenvalue weighted by atomic mass is 10.2. The van der Waals surface area contributed by atoms with E-state index in [1.807, 2.05) is 31.2 Å². The average molecular weight is 360 g/mol. The van der Waals surface area contributed by atoms with Gasteiger partial charge < -0.3 is 15.0 Å². The van der Waals surface area contributed by atoms with Gasteiger partial charge in [-0.1, -0.05) is 18.2 Å². The summed E-state index contributed by atoms with van der Waals surface area (Å²) in [6.07, 6.45) is 4.15. The zero-order chi connectivity index (χ0) is 18.6. The summed E-state index contributed by atoms with van der Waals surface area (Å²) in [6.45, 7) is 3.40. The maximum atomic E-state index is 12.4. The first-order chi connectivity index (χ1) is 13.2. The van der Waals surface area contributed by atoms with Gasteiger partial charge in [0.15, 0.2) is 5.82 Å². The summed E-state index contributed by atoms with van der Waals surface area (Å²) in [7, 11) is 0. The van der Waals surface area contributed by atoms with Crippen molar-refractivity contribution in [3.05, 3.63) is 72.2 Å². The minimum absolute atomic E-state index is 0.278. The Morgan fingerprint density at radius 1 is 1.11 bits per heavy atom. The number of amides is 1. The minimum atomic E-state index is -0.292. The van der Waals surface area contributed by atoms with Crippen LogP contribution in [-0.2, 0) is 6.42 Å².